The van der Waals surface area contributed by atoms with Gasteiger partial charge in [0.2, 0.25) is 0 Å². The molecule has 2 aromatic heterocycles. The van der Waals surface area contributed by atoms with E-state index in [1.165, 1.54) is 23.3 Å². The number of aromatic nitrogens is 2. The van der Waals surface area contributed by atoms with Gasteiger partial charge in [-0.3, -0.25) is 9.59 Å². The van der Waals surface area contributed by atoms with Crippen molar-refractivity contribution < 1.29 is 14.4 Å². The Bertz CT molecular complexity index is 1240. The fourth-order valence-corrected chi connectivity index (χ4v) is 5.18. The molecule has 3 rings (SSSR count). The molecule has 4 N–H and O–H groups in total. The minimum Gasteiger partial charge on any atom is -0.346 e. The van der Waals surface area contributed by atoms with Crippen LogP contribution < -0.4 is 16.0 Å². The molecule has 4 amide bonds. The van der Waals surface area contributed by atoms with Gasteiger partial charge in [-0.2, -0.15) is 0 Å². The lowest BCUT2D eigenvalue weighted by atomic mass is 9.98. The third-order valence-electron chi connectivity index (χ3n) is 6.71. The first-order chi connectivity index (χ1) is 20.5. The fourth-order valence-electron chi connectivity index (χ4n) is 4.32. The third kappa shape index (κ3) is 11.9. The van der Waals surface area contributed by atoms with Crippen molar-refractivity contribution in [2.75, 3.05) is 40.3 Å². The molecule has 0 bridgehead atoms. The molecule has 0 aliphatic carbocycles. The second-order valence-corrected chi connectivity index (χ2v) is 11.4. The molecular formula is C32H51N7O3S. The zero-order valence-corrected chi connectivity index (χ0v) is 28.2. The lowest BCUT2D eigenvalue weighted by Crippen LogP contribution is -2.62. The Morgan fingerprint density at radius 3 is 2.40 bits per heavy atom. The number of nitrogens with zero attached hydrogens (tertiary/aromatic N) is 3. The van der Waals surface area contributed by atoms with E-state index in [0.717, 1.165) is 23.5 Å². The first-order valence-corrected chi connectivity index (χ1v) is 15.9. The van der Waals surface area contributed by atoms with Crippen LogP contribution in [0.15, 0.2) is 23.8 Å². The molecule has 1 unspecified atom stereocenters. The predicted molar refractivity (Wildman–Crippen MR) is 177 cm³/mol. The van der Waals surface area contributed by atoms with Crippen molar-refractivity contribution in [1.29, 1.82) is 0 Å². The zero-order chi connectivity index (χ0) is 32.5. The van der Waals surface area contributed by atoms with Gasteiger partial charge in [-0.1, -0.05) is 38.3 Å². The van der Waals surface area contributed by atoms with Crippen LogP contribution in [-0.2, 0) is 6.42 Å². The third-order valence-corrected chi connectivity index (χ3v) is 7.73. The minimum atomic E-state index is -0.485. The summed E-state index contributed by atoms with van der Waals surface area (Å²) in [6, 6.07) is 2.31. The summed E-state index contributed by atoms with van der Waals surface area (Å²) in [6.45, 7) is 16.3. The van der Waals surface area contributed by atoms with E-state index in [-0.39, 0.29) is 30.4 Å². The number of carbonyl (C=O) groups is 3. The Morgan fingerprint density at radius 1 is 1.19 bits per heavy atom. The van der Waals surface area contributed by atoms with Gasteiger partial charge in [0.1, 0.15) is 5.69 Å². The van der Waals surface area contributed by atoms with E-state index in [4.69, 9.17) is 6.42 Å². The van der Waals surface area contributed by atoms with Crippen LogP contribution in [0.3, 0.4) is 0 Å². The molecule has 3 heterocycles. The molecule has 0 saturated carbocycles. The highest BCUT2D eigenvalue weighted by molar-refractivity contribution is 7.13. The smallest absolute Gasteiger partial charge is 0.319 e. The van der Waals surface area contributed by atoms with Crippen LogP contribution in [0.2, 0.25) is 0 Å². The Balaban J connectivity index is 0.00000103. The number of H-pyrrole nitrogens is 1. The van der Waals surface area contributed by atoms with Gasteiger partial charge in [-0.25, -0.2) is 9.78 Å². The van der Waals surface area contributed by atoms with Crippen LogP contribution >= 0.6 is 11.3 Å². The quantitative estimate of drug-likeness (QED) is 0.244. The van der Waals surface area contributed by atoms with Crippen molar-refractivity contribution in [2.45, 2.75) is 79.8 Å². The van der Waals surface area contributed by atoms with Gasteiger partial charge in [-0.05, 0) is 59.7 Å². The number of terminal acetylenes is 1. The number of nitrogens with one attached hydrogen (secondary N) is 4. The Morgan fingerprint density at radius 2 is 1.86 bits per heavy atom. The number of likely N-dealkylation sites (N-methyl/N-ethyl adjacent to an activating group) is 1. The number of hydrogen-bond donors (Lipinski definition) is 4. The van der Waals surface area contributed by atoms with Crippen molar-refractivity contribution in [3.05, 3.63) is 50.7 Å². The zero-order valence-electron chi connectivity index (χ0n) is 27.4. The normalized spacial score (nSPS) is 15.5. The molecular weight excluding hydrogens is 562 g/mol. The summed E-state index contributed by atoms with van der Waals surface area (Å²) >= 11 is 1.34. The average Bonchev–Trinajstić information content (AvgIpc) is 3.64. The number of piperidine rings is 1. The second-order valence-electron chi connectivity index (χ2n) is 10.2. The van der Waals surface area contributed by atoms with Crippen molar-refractivity contribution in [3.63, 3.8) is 0 Å². The summed E-state index contributed by atoms with van der Waals surface area (Å²) in [5.74, 6) is 1.83. The lowest BCUT2D eigenvalue weighted by molar-refractivity contribution is 0.0811. The molecule has 2 aromatic rings. The van der Waals surface area contributed by atoms with Gasteiger partial charge in [0.25, 0.3) is 11.8 Å². The topological polar surface area (TPSA) is 122 Å². The summed E-state index contributed by atoms with van der Waals surface area (Å²) in [4.78, 5) is 50.5. The molecule has 0 radical (unpaired) electrons. The Hall–Kier alpha value is -3.62. The first-order valence-electron chi connectivity index (χ1n) is 15.1. The number of allylic oxidation sites excluding steroid dienone is 2. The highest BCUT2D eigenvalue weighted by Gasteiger charge is 2.35. The van der Waals surface area contributed by atoms with Gasteiger partial charge in [-0.15, -0.1) is 17.8 Å². The van der Waals surface area contributed by atoms with E-state index in [2.05, 4.69) is 58.7 Å². The van der Waals surface area contributed by atoms with E-state index in [1.54, 1.807) is 29.0 Å². The van der Waals surface area contributed by atoms with E-state index >= 15 is 0 Å². The van der Waals surface area contributed by atoms with Crippen molar-refractivity contribution in [3.8, 4) is 12.3 Å². The van der Waals surface area contributed by atoms with E-state index in [9.17, 15) is 14.4 Å². The molecule has 1 aliphatic heterocycles. The summed E-state index contributed by atoms with van der Waals surface area (Å²) in [5, 5.41) is 9.48. The number of aromatic amines is 1. The Kier molecular flexibility index (Phi) is 17.0. The number of aryl methyl sites for hydroxylation is 1. The van der Waals surface area contributed by atoms with Gasteiger partial charge in [0.05, 0.1) is 23.5 Å². The van der Waals surface area contributed by atoms with Crippen LogP contribution in [0.4, 0.5) is 4.79 Å². The van der Waals surface area contributed by atoms with E-state index in [0.29, 0.717) is 35.9 Å². The number of hydrogen-bond acceptors (Lipinski definition) is 6. The number of urea groups is 1. The van der Waals surface area contributed by atoms with Crippen molar-refractivity contribution >= 4 is 29.2 Å². The van der Waals surface area contributed by atoms with Gasteiger partial charge in [0, 0.05) is 44.5 Å². The monoisotopic (exact) mass is 613 g/mol. The summed E-state index contributed by atoms with van der Waals surface area (Å²) in [5.41, 5.74) is 3.16. The SMILES string of the molecule is C#Cc1ccc(C(=O)NC2CCN(C(=O)N(C)CC)C[C@H]2NC(=O)c2nc(CCNC)c(C)s2)[nH]1.CC.CCC=C(C)C. The van der Waals surface area contributed by atoms with E-state index in [1.807, 2.05) is 34.7 Å². The van der Waals surface area contributed by atoms with Crippen LogP contribution in [0, 0.1) is 19.3 Å². The summed E-state index contributed by atoms with van der Waals surface area (Å²) in [7, 11) is 3.61. The molecule has 1 saturated heterocycles. The summed E-state index contributed by atoms with van der Waals surface area (Å²) < 4.78 is 0. The second kappa shape index (κ2) is 19.5. The maximum atomic E-state index is 13.1. The number of thiazole rings is 1. The van der Waals surface area contributed by atoms with Gasteiger partial charge in [0.15, 0.2) is 5.01 Å². The fraction of sp³-hybridized carbons (Fsp3) is 0.562. The average molecular weight is 614 g/mol. The standard InChI is InChI=1S/C24H33N7O3S.C6H12.C2H6/c1-6-16-8-9-19(26-16)21(32)27-18-11-13-31(24(34)30(5)7-2)14-20(18)28-22(33)23-29-17(10-12-25-4)15(3)35-23;1-4-5-6(2)3;1-2/h1,8-9,18,20,25-26H,7,10-14H2,2-5H3,(H,27,32)(H,28,33);5H,4H2,1-3H3;1-2H3/t18?,20-;;/m1../s1. The number of likely N-dealkylation sites (tertiary alicyclic amines) is 1. The molecule has 10 nitrogen and oxygen atoms in total. The predicted octanol–water partition coefficient (Wildman–Crippen LogP) is 4.59. The van der Waals surface area contributed by atoms with Crippen LogP contribution in [0.5, 0.6) is 0 Å². The maximum Gasteiger partial charge on any atom is 0.319 e. The van der Waals surface area contributed by atoms with E-state index < -0.39 is 6.04 Å². The molecule has 0 spiro atoms. The number of rotatable bonds is 9. The number of carbonyl (C=O) groups excluding carboxylic acids is 3. The molecule has 11 heteroatoms. The van der Waals surface area contributed by atoms with Crippen molar-refractivity contribution in [2.24, 2.45) is 0 Å². The maximum absolute atomic E-state index is 13.1. The van der Waals surface area contributed by atoms with Crippen LogP contribution in [0.1, 0.15) is 90.9 Å². The lowest BCUT2D eigenvalue weighted by Gasteiger charge is -2.40. The van der Waals surface area contributed by atoms with Gasteiger partial charge >= 0.3 is 6.03 Å². The highest BCUT2D eigenvalue weighted by Crippen LogP contribution is 2.20. The Labute approximate surface area is 262 Å². The molecule has 238 valence electrons. The van der Waals surface area contributed by atoms with Gasteiger partial charge < -0.3 is 30.7 Å². The minimum absolute atomic E-state index is 0.112. The molecule has 0 aromatic carbocycles. The summed E-state index contributed by atoms with van der Waals surface area (Å²) in [6.07, 6.45) is 9.99. The highest BCUT2D eigenvalue weighted by atomic mass is 32.1. The molecule has 1 aliphatic rings. The number of amides is 4. The van der Waals surface area contributed by atoms with Crippen LogP contribution in [0.25, 0.3) is 0 Å². The molecule has 2 atom stereocenters. The van der Waals surface area contributed by atoms with Crippen molar-refractivity contribution in [1.82, 2.24) is 35.7 Å². The molecule has 43 heavy (non-hydrogen) atoms. The van der Waals surface area contributed by atoms with Crippen LogP contribution in [-0.4, -0.2) is 90.0 Å². The molecule has 1 fully saturated rings. The largest absolute Gasteiger partial charge is 0.346 e. The first kappa shape index (κ1) is 37.4.